The predicted molar refractivity (Wildman–Crippen MR) is 79.8 cm³/mol. The number of carbonyl (C=O) groups excluding carboxylic acids is 2. The summed E-state index contributed by atoms with van der Waals surface area (Å²) in [5.41, 5.74) is 4.65. The van der Waals surface area contributed by atoms with Crippen LogP contribution in [0.1, 0.15) is 5.56 Å². The first-order valence-electron chi connectivity index (χ1n) is 6.71. The standard InChI is InChI=1S/C14H15N3O4S/c1-17-11(9-5-3-2-4-6-9)7-10(16-17)13-14(19)15-12(18)8-22(13,20)21/h2-7,10,13,16H,8H2,1H3,(H,15,18,19). The maximum Gasteiger partial charge on any atom is 0.246 e. The Morgan fingerprint density at radius 3 is 2.50 bits per heavy atom. The van der Waals surface area contributed by atoms with Crippen molar-refractivity contribution < 1.29 is 18.0 Å². The summed E-state index contributed by atoms with van der Waals surface area (Å²) in [5.74, 6) is -2.23. The first-order chi connectivity index (χ1) is 10.4. The summed E-state index contributed by atoms with van der Waals surface area (Å²) in [7, 11) is -2.08. The molecule has 1 aromatic rings. The Bertz CT molecular complexity index is 758. The zero-order chi connectivity index (χ0) is 15.9. The number of hydrogen-bond acceptors (Lipinski definition) is 6. The second-order valence-electron chi connectivity index (χ2n) is 5.27. The first-order valence-corrected chi connectivity index (χ1v) is 8.42. The van der Waals surface area contributed by atoms with Crippen molar-refractivity contribution in [2.75, 3.05) is 12.8 Å². The number of nitrogens with one attached hydrogen (secondary N) is 2. The van der Waals surface area contributed by atoms with Crippen LogP contribution in [0.3, 0.4) is 0 Å². The van der Waals surface area contributed by atoms with Crippen LogP contribution >= 0.6 is 0 Å². The van der Waals surface area contributed by atoms with Gasteiger partial charge in [-0.2, -0.15) is 0 Å². The van der Waals surface area contributed by atoms with Gasteiger partial charge in [0.2, 0.25) is 11.8 Å². The van der Waals surface area contributed by atoms with Gasteiger partial charge in [-0.3, -0.25) is 14.9 Å². The van der Waals surface area contributed by atoms with Gasteiger partial charge >= 0.3 is 0 Å². The third-order valence-corrected chi connectivity index (χ3v) is 5.62. The van der Waals surface area contributed by atoms with Gasteiger partial charge in [-0.15, -0.1) is 0 Å². The molecule has 116 valence electrons. The number of benzene rings is 1. The summed E-state index contributed by atoms with van der Waals surface area (Å²) >= 11 is 0. The van der Waals surface area contributed by atoms with Crippen molar-refractivity contribution in [2.45, 2.75) is 11.3 Å². The Labute approximate surface area is 127 Å². The van der Waals surface area contributed by atoms with E-state index >= 15 is 0 Å². The number of hydrazine groups is 1. The topological polar surface area (TPSA) is 95.6 Å². The summed E-state index contributed by atoms with van der Waals surface area (Å²) in [6.07, 6.45) is 1.70. The molecule has 1 fully saturated rings. The number of amides is 2. The molecule has 0 aliphatic carbocycles. The average molecular weight is 321 g/mol. The number of carbonyl (C=O) groups is 2. The lowest BCUT2D eigenvalue weighted by Crippen LogP contribution is -2.59. The molecule has 3 rings (SSSR count). The molecule has 2 aliphatic heterocycles. The summed E-state index contributed by atoms with van der Waals surface area (Å²) < 4.78 is 24.3. The van der Waals surface area contributed by atoms with Crippen LogP contribution in [0.2, 0.25) is 0 Å². The maximum absolute atomic E-state index is 12.2. The minimum atomic E-state index is -3.83. The highest BCUT2D eigenvalue weighted by Crippen LogP contribution is 2.26. The third-order valence-electron chi connectivity index (χ3n) is 3.68. The van der Waals surface area contributed by atoms with Gasteiger partial charge < -0.3 is 5.01 Å². The van der Waals surface area contributed by atoms with Gasteiger partial charge in [0, 0.05) is 7.05 Å². The number of imide groups is 1. The van der Waals surface area contributed by atoms with Crippen LogP contribution in [0.25, 0.3) is 5.70 Å². The van der Waals surface area contributed by atoms with Crippen molar-refractivity contribution in [3.05, 3.63) is 42.0 Å². The molecule has 2 aliphatic rings. The van der Waals surface area contributed by atoms with Crippen molar-refractivity contribution in [2.24, 2.45) is 0 Å². The minimum Gasteiger partial charge on any atom is -0.311 e. The quantitative estimate of drug-likeness (QED) is 0.699. The van der Waals surface area contributed by atoms with E-state index in [0.29, 0.717) is 0 Å². The highest BCUT2D eigenvalue weighted by atomic mass is 32.2. The zero-order valence-electron chi connectivity index (χ0n) is 11.8. The Morgan fingerprint density at radius 1 is 1.18 bits per heavy atom. The van der Waals surface area contributed by atoms with E-state index in [-0.39, 0.29) is 0 Å². The lowest BCUT2D eigenvalue weighted by Gasteiger charge is -2.26. The molecule has 2 heterocycles. The van der Waals surface area contributed by atoms with Crippen molar-refractivity contribution in [3.8, 4) is 0 Å². The lowest BCUT2D eigenvalue weighted by atomic mass is 10.1. The maximum atomic E-state index is 12.2. The molecule has 22 heavy (non-hydrogen) atoms. The highest BCUT2D eigenvalue weighted by Gasteiger charge is 2.46. The molecule has 2 atom stereocenters. The van der Waals surface area contributed by atoms with Crippen LogP contribution in [-0.4, -0.2) is 49.3 Å². The smallest absolute Gasteiger partial charge is 0.246 e. The molecule has 0 bridgehead atoms. The summed E-state index contributed by atoms with van der Waals surface area (Å²) in [5, 5.41) is 2.46. The van der Waals surface area contributed by atoms with E-state index in [1.807, 2.05) is 30.3 Å². The van der Waals surface area contributed by atoms with Crippen molar-refractivity contribution in [1.29, 1.82) is 0 Å². The summed E-state index contributed by atoms with van der Waals surface area (Å²) in [6, 6.07) is 8.71. The van der Waals surface area contributed by atoms with Crippen molar-refractivity contribution in [3.63, 3.8) is 0 Å². The van der Waals surface area contributed by atoms with Crippen molar-refractivity contribution >= 4 is 27.3 Å². The zero-order valence-corrected chi connectivity index (χ0v) is 12.6. The van der Waals surface area contributed by atoms with E-state index in [9.17, 15) is 18.0 Å². The number of sulfone groups is 1. The Hall–Kier alpha value is -2.19. The fraction of sp³-hybridized carbons (Fsp3) is 0.286. The molecule has 0 aromatic heterocycles. The molecular weight excluding hydrogens is 306 g/mol. The van der Waals surface area contributed by atoms with Gasteiger partial charge in [0.1, 0.15) is 5.75 Å². The second-order valence-corrected chi connectivity index (χ2v) is 7.39. The fourth-order valence-corrected chi connectivity index (χ4v) is 4.32. The number of rotatable bonds is 2. The molecule has 2 N–H and O–H groups in total. The van der Waals surface area contributed by atoms with Gasteiger partial charge in [-0.25, -0.2) is 13.8 Å². The minimum absolute atomic E-state index is 0.667. The molecular formula is C14H15N3O4S. The molecule has 1 saturated heterocycles. The van der Waals surface area contributed by atoms with E-state index in [1.165, 1.54) is 0 Å². The van der Waals surface area contributed by atoms with Gasteiger partial charge in [0.15, 0.2) is 15.1 Å². The van der Waals surface area contributed by atoms with Gasteiger partial charge in [-0.1, -0.05) is 30.3 Å². The summed E-state index contributed by atoms with van der Waals surface area (Å²) in [4.78, 5) is 23.2. The number of nitrogens with zero attached hydrogens (tertiary/aromatic N) is 1. The lowest BCUT2D eigenvalue weighted by molar-refractivity contribution is -0.129. The van der Waals surface area contributed by atoms with E-state index in [0.717, 1.165) is 11.3 Å². The van der Waals surface area contributed by atoms with E-state index in [4.69, 9.17) is 0 Å². The molecule has 8 heteroatoms. The molecule has 2 amide bonds. The Balaban J connectivity index is 1.95. The highest BCUT2D eigenvalue weighted by molar-refractivity contribution is 7.93. The van der Waals surface area contributed by atoms with Gasteiger partial charge in [-0.05, 0) is 11.6 Å². The molecule has 0 spiro atoms. The van der Waals surface area contributed by atoms with Crippen LogP contribution in [-0.2, 0) is 19.4 Å². The normalized spacial score (nSPS) is 27.5. The molecule has 7 nitrogen and oxygen atoms in total. The average Bonchev–Trinajstić information content (AvgIpc) is 2.79. The third kappa shape index (κ3) is 2.51. The van der Waals surface area contributed by atoms with Crippen LogP contribution in [0, 0.1) is 0 Å². The molecule has 1 aromatic carbocycles. The van der Waals surface area contributed by atoms with Crippen LogP contribution in [0.4, 0.5) is 0 Å². The van der Waals surface area contributed by atoms with Gasteiger partial charge in [0.25, 0.3) is 0 Å². The Morgan fingerprint density at radius 2 is 1.86 bits per heavy atom. The number of hydrogen-bond donors (Lipinski definition) is 2. The molecule has 0 radical (unpaired) electrons. The SMILES string of the molecule is CN1NC(C2C(=O)NC(=O)CS2(=O)=O)C=C1c1ccccc1. The van der Waals surface area contributed by atoms with E-state index in [2.05, 4.69) is 10.7 Å². The van der Waals surface area contributed by atoms with E-state index < -0.39 is 38.7 Å². The first kappa shape index (κ1) is 14.7. The van der Waals surface area contributed by atoms with E-state index in [1.54, 1.807) is 18.1 Å². The fourth-order valence-electron chi connectivity index (χ4n) is 2.73. The predicted octanol–water partition coefficient (Wildman–Crippen LogP) is -0.714. The largest absolute Gasteiger partial charge is 0.311 e. The van der Waals surface area contributed by atoms with Gasteiger partial charge in [0.05, 0.1) is 11.7 Å². The van der Waals surface area contributed by atoms with Crippen LogP contribution in [0.5, 0.6) is 0 Å². The molecule has 0 saturated carbocycles. The van der Waals surface area contributed by atoms with Crippen LogP contribution in [0.15, 0.2) is 36.4 Å². The Kier molecular flexibility index (Phi) is 3.50. The summed E-state index contributed by atoms with van der Waals surface area (Å²) in [6.45, 7) is 0. The monoisotopic (exact) mass is 321 g/mol. The van der Waals surface area contributed by atoms with Crippen LogP contribution < -0.4 is 10.7 Å². The second kappa shape index (κ2) is 5.22. The van der Waals surface area contributed by atoms with Crippen molar-refractivity contribution in [1.82, 2.24) is 15.8 Å². The molecule has 2 unspecified atom stereocenters.